The summed E-state index contributed by atoms with van der Waals surface area (Å²) in [6, 6.07) is 5.20. The van der Waals surface area contributed by atoms with Gasteiger partial charge in [0.1, 0.15) is 0 Å². The van der Waals surface area contributed by atoms with Crippen LogP contribution in [0.25, 0.3) is 0 Å². The van der Waals surface area contributed by atoms with E-state index < -0.39 is 0 Å². The zero-order valence-corrected chi connectivity index (χ0v) is 7.14. The predicted octanol–water partition coefficient (Wildman–Crippen LogP) is 2.08. The van der Waals surface area contributed by atoms with Gasteiger partial charge in [-0.3, -0.25) is 0 Å². The molecule has 0 bridgehead atoms. The smallest absolute Gasteiger partial charge is 0.171 e. The summed E-state index contributed by atoms with van der Waals surface area (Å²) in [6.07, 6.45) is 0. The van der Waals surface area contributed by atoms with Gasteiger partial charge in [0.2, 0.25) is 0 Å². The van der Waals surface area contributed by atoms with Crippen molar-refractivity contribution in [1.29, 1.82) is 0 Å². The maximum Gasteiger partial charge on any atom is 0.171 e. The Morgan fingerprint density at radius 3 is 2.91 bits per heavy atom. The number of aromatic hydroxyl groups is 1. The number of benzene rings is 1. The van der Waals surface area contributed by atoms with E-state index >= 15 is 0 Å². The molecule has 1 aromatic rings. The monoisotopic (exact) mass is 170 g/mol. The fraction of sp³-hybridized carbons (Fsp3) is 0.250. The number of phenolic OH excluding ortho intramolecular Hbond substituents is 1. The number of hydrogen-bond donors (Lipinski definition) is 2. The van der Waals surface area contributed by atoms with E-state index in [1.54, 1.807) is 18.2 Å². The molecule has 0 spiro atoms. The van der Waals surface area contributed by atoms with Crippen LogP contribution in [0.3, 0.4) is 0 Å². The molecule has 1 rings (SSSR count). The van der Waals surface area contributed by atoms with Crippen LogP contribution in [0.15, 0.2) is 23.1 Å². The number of ether oxygens (including phenoxy) is 1. The van der Waals surface area contributed by atoms with Gasteiger partial charge in [-0.1, -0.05) is 6.07 Å². The van der Waals surface area contributed by atoms with Gasteiger partial charge in [-0.05, 0) is 19.1 Å². The largest absolute Gasteiger partial charge is 0.503 e. The number of hydrogen-bond acceptors (Lipinski definition) is 3. The van der Waals surface area contributed by atoms with E-state index in [1.165, 1.54) is 0 Å². The minimum absolute atomic E-state index is 0.109. The molecular formula is C8H10O2S. The van der Waals surface area contributed by atoms with Crippen LogP contribution in [0.4, 0.5) is 0 Å². The van der Waals surface area contributed by atoms with Crippen LogP contribution in [-0.2, 0) is 0 Å². The molecule has 0 aromatic heterocycles. The van der Waals surface area contributed by atoms with Gasteiger partial charge >= 0.3 is 0 Å². The van der Waals surface area contributed by atoms with Gasteiger partial charge in [0, 0.05) is 4.90 Å². The lowest BCUT2D eigenvalue weighted by molar-refractivity contribution is 0.315. The maximum absolute atomic E-state index is 9.33. The van der Waals surface area contributed by atoms with E-state index in [0.29, 0.717) is 17.3 Å². The quantitative estimate of drug-likeness (QED) is 0.665. The first kappa shape index (κ1) is 8.27. The van der Waals surface area contributed by atoms with E-state index in [4.69, 9.17) is 4.74 Å². The Balaban J connectivity index is 2.96. The van der Waals surface area contributed by atoms with Crippen molar-refractivity contribution < 1.29 is 9.84 Å². The summed E-state index contributed by atoms with van der Waals surface area (Å²) < 4.78 is 5.12. The summed E-state index contributed by atoms with van der Waals surface area (Å²) in [7, 11) is 0. The summed E-state index contributed by atoms with van der Waals surface area (Å²) in [4.78, 5) is 0.538. The van der Waals surface area contributed by atoms with Crippen LogP contribution >= 0.6 is 12.6 Å². The highest BCUT2D eigenvalue weighted by molar-refractivity contribution is 7.80. The van der Waals surface area contributed by atoms with E-state index in [1.807, 2.05) is 6.92 Å². The average Bonchev–Trinajstić information content (AvgIpc) is 1.99. The van der Waals surface area contributed by atoms with Crippen LogP contribution in [0.2, 0.25) is 0 Å². The van der Waals surface area contributed by atoms with Crippen molar-refractivity contribution in [2.75, 3.05) is 6.61 Å². The van der Waals surface area contributed by atoms with Crippen molar-refractivity contribution in [2.45, 2.75) is 11.8 Å². The van der Waals surface area contributed by atoms with Crippen molar-refractivity contribution in [3.63, 3.8) is 0 Å². The Hall–Kier alpha value is -0.830. The molecule has 1 aromatic carbocycles. The van der Waals surface area contributed by atoms with Crippen molar-refractivity contribution in [3.05, 3.63) is 18.2 Å². The molecule has 0 aliphatic rings. The highest BCUT2D eigenvalue weighted by Gasteiger charge is 2.02. The normalized spacial score (nSPS) is 9.64. The second-order valence-corrected chi connectivity index (χ2v) is 2.54. The Kier molecular flexibility index (Phi) is 2.65. The zero-order valence-electron chi connectivity index (χ0n) is 6.24. The van der Waals surface area contributed by atoms with Crippen LogP contribution in [0, 0.1) is 0 Å². The van der Waals surface area contributed by atoms with Gasteiger partial charge in [-0.15, -0.1) is 12.6 Å². The molecular weight excluding hydrogens is 160 g/mol. The van der Waals surface area contributed by atoms with Gasteiger partial charge in [-0.2, -0.15) is 0 Å². The van der Waals surface area contributed by atoms with Crippen molar-refractivity contribution in [3.8, 4) is 11.5 Å². The van der Waals surface area contributed by atoms with Crippen LogP contribution in [0.5, 0.6) is 11.5 Å². The molecule has 2 nitrogen and oxygen atoms in total. The standard InChI is InChI=1S/C8H10O2S/c1-2-10-6-4-3-5-7(11)8(6)9/h3-5,9,11H,2H2,1H3. The summed E-state index contributed by atoms with van der Waals surface area (Å²) in [5, 5.41) is 9.33. The topological polar surface area (TPSA) is 29.5 Å². The average molecular weight is 170 g/mol. The Bertz CT molecular complexity index is 248. The Morgan fingerprint density at radius 1 is 1.55 bits per heavy atom. The Morgan fingerprint density at radius 2 is 2.27 bits per heavy atom. The molecule has 0 saturated carbocycles. The first-order valence-electron chi connectivity index (χ1n) is 3.39. The fourth-order valence-corrected chi connectivity index (χ4v) is 0.979. The van der Waals surface area contributed by atoms with Gasteiger partial charge in [-0.25, -0.2) is 0 Å². The van der Waals surface area contributed by atoms with Crippen LogP contribution in [0.1, 0.15) is 6.92 Å². The second-order valence-electron chi connectivity index (χ2n) is 2.06. The van der Waals surface area contributed by atoms with Crippen molar-refractivity contribution in [2.24, 2.45) is 0 Å². The number of para-hydroxylation sites is 1. The number of rotatable bonds is 2. The van der Waals surface area contributed by atoms with Crippen LogP contribution < -0.4 is 4.74 Å². The molecule has 1 N–H and O–H groups in total. The minimum Gasteiger partial charge on any atom is -0.503 e. The highest BCUT2D eigenvalue weighted by atomic mass is 32.1. The third kappa shape index (κ3) is 1.80. The molecule has 0 heterocycles. The fourth-order valence-electron chi connectivity index (χ4n) is 0.783. The molecule has 3 heteroatoms. The second kappa shape index (κ2) is 3.53. The first-order chi connectivity index (χ1) is 5.25. The predicted molar refractivity (Wildman–Crippen MR) is 46.5 cm³/mol. The molecule has 0 aliphatic carbocycles. The van der Waals surface area contributed by atoms with Crippen molar-refractivity contribution in [1.82, 2.24) is 0 Å². The highest BCUT2D eigenvalue weighted by Crippen LogP contribution is 2.31. The van der Waals surface area contributed by atoms with Gasteiger partial charge in [0.05, 0.1) is 6.61 Å². The lowest BCUT2D eigenvalue weighted by Gasteiger charge is -2.05. The molecule has 0 radical (unpaired) electrons. The Labute approximate surface area is 71.2 Å². The van der Waals surface area contributed by atoms with E-state index in [-0.39, 0.29) is 5.75 Å². The summed E-state index contributed by atoms with van der Waals surface area (Å²) >= 11 is 4.03. The molecule has 0 fully saturated rings. The minimum atomic E-state index is 0.109. The molecule has 11 heavy (non-hydrogen) atoms. The molecule has 0 amide bonds. The molecule has 0 saturated heterocycles. The maximum atomic E-state index is 9.33. The molecule has 60 valence electrons. The third-order valence-corrected chi connectivity index (χ3v) is 1.64. The third-order valence-electron chi connectivity index (χ3n) is 1.28. The van der Waals surface area contributed by atoms with Gasteiger partial charge in [0.15, 0.2) is 11.5 Å². The SMILES string of the molecule is CCOc1cccc(S)c1O. The lowest BCUT2D eigenvalue weighted by atomic mass is 10.3. The summed E-state index contributed by atoms with van der Waals surface area (Å²) in [6.45, 7) is 2.41. The van der Waals surface area contributed by atoms with E-state index in [0.717, 1.165) is 0 Å². The molecule has 0 atom stereocenters. The first-order valence-corrected chi connectivity index (χ1v) is 3.84. The molecule has 0 aliphatic heterocycles. The zero-order chi connectivity index (χ0) is 8.27. The number of phenols is 1. The van der Waals surface area contributed by atoms with E-state index in [9.17, 15) is 5.11 Å². The van der Waals surface area contributed by atoms with Gasteiger partial charge in [0.25, 0.3) is 0 Å². The van der Waals surface area contributed by atoms with Crippen molar-refractivity contribution >= 4 is 12.6 Å². The number of thiol groups is 1. The summed E-state index contributed by atoms with van der Waals surface area (Å²) in [5.41, 5.74) is 0. The molecule has 0 unspecified atom stereocenters. The van der Waals surface area contributed by atoms with Gasteiger partial charge < -0.3 is 9.84 Å². The van der Waals surface area contributed by atoms with Crippen LogP contribution in [-0.4, -0.2) is 11.7 Å². The van der Waals surface area contributed by atoms with E-state index in [2.05, 4.69) is 12.6 Å². The summed E-state index contributed by atoms with van der Waals surface area (Å²) in [5.74, 6) is 0.595. The lowest BCUT2D eigenvalue weighted by Crippen LogP contribution is -1.91.